The van der Waals surface area contributed by atoms with Crippen molar-refractivity contribution in [1.29, 1.82) is 0 Å². The van der Waals surface area contributed by atoms with E-state index in [4.69, 9.17) is 15.3 Å². The summed E-state index contributed by atoms with van der Waals surface area (Å²) in [6, 6.07) is 10.3. The fourth-order valence-corrected chi connectivity index (χ4v) is 1.77. The van der Waals surface area contributed by atoms with E-state index in [0.717, 1.165) is 5.56 Å². The number of ketones is 2. The van der Waals surface area contributed by atoms with Gasteiger partial charge >= 0.3 is 5.97 Å². The second kappa shape index (κ2) is 6.04. The molecule has 1 aromatic heterocycles. The molecular weight excluding hydrogens is 274 g/mol. The molecule has 108 valence electrons. The molecule has 2 rings (SSSR count). The average molecular weight is 287 g/mol. The number of nitrogens with two attached hydrogens (primary N) is 1. The summed E-state index contributed by atoms with van der Waals surface area (Å²) in [5.74, 6) is -2.90. The molecule has 1 aromatic carbocycles. The van der Waals surface area contributed by atoms with Gasteiger partial charge in [0.25, 0.3) is 0 Å². The van der Waals surface area contributed by atoms with E-state index in [0.29, 0.717) is 17.9 Å². The third-order valence-electron chi connectivity index (χ3n) is 2.85. The summed E-state index contributed by atoms with van der Waals surface area (Å²) in [5, 5.41) is 8.46. The van der Waals surface area contributed by atoms with E-state index in [9.17, 15) is 14.4 Å². The molecule has 3 N–H and O–H groups in total. The molecule has 0 fully saturated rings. The number of Topliss-reactive ketones (excluding diaryl/α,β-unsaturated/α-hetero) is 2. The van der Waals surface area contributed by atoms with Gasteiger partial charge in [0.15, 0.2) is 5.76 Å². The summed E-state index contributed by atoms with van der Waals surface area (Å²) in [5.41, 5.74) is 7.20. The minimum absolute atomic E-state index is 0.0185. The average Bonchev–Trinajstić information content (AvgIpc) is 2.90. The predicted molar refractivity (Wildman–Crippen MR) is 74.0 cm³/mol. The zero-order valence-electron chi connectivity index (χ0n) is 11.0. The molecule has 0 spiro atoms. The van der Waals surface area contributed by atoms with Crippen LogP contribution in [0.1, 0.15) is 28.3 Å². The summed E-state index contributed by atoms with van der Waals surface area (Å²) < 4.78 is 5.33. The number of hydrogen-bond acceptors (Lipinski definition) is 5. The number of carbonyl (C=O) groups is 3. The highest BCUT2D eigenvalue weighted by atomic mass is 16.4. The molecule has 0 saturated heterocycles. The summed E-state index contributed by atoms with van der Waals surface area (Å²) >= 11 is 0. The molecule has 0 aliphatic heterocycles. The van der Waals surface area contributed by atoms with Gasteiger partial charge in [-0.1, -0.05) is 12.1 Å². The van der Waals surface area contributed by atoms with Crippen molar-refractivity contribution >= 4 is 23.2 Å². The number of carboxylic acids is 1. The van der Waals surface area contributed by atoms with Gasteiger partial charge in [-0.3, -0.25) is 9.59 Å². The fraction of sp³-hybridized carbons (Fsp3) is 0.133. The molecule has 2 aromatic rings. The van der Waals surface area contributed by atoms with E-state index < -0.39 is 24.0 Å². The number of hydrogen-bond donors (Lipinski definition) is 2. The van der Waals surface area contributed by atoms with Crippen molar-refractivity contribution in [3.8, 4) is 0 Å². The Balaban J connectivity index is 2.04. The highest BCUT2D eigenvalue weighted by molar-refractivity contribution is 6.37. The van der Waals surface area contributed by atoms with E-state index in [-0.39, 0.29) is 5.76 Å². The van der Waals surface area contributed by atoms with Crippen LogP contribution in [0.15, 0.2) is 40.8 Å². The van der Waals surface area contributed by atoms with Crippen molar-refractivity contribution in [2.24, 2.45) is 0 Å². The van der Waals surface area contributed by atoms with Gasteiger partial charge in [0.05, 0.1) is 6.42 Å². The maximum atomic E-state index is 11.7. The summed E-state index contributed by atoms with van der Waals surface area (Å²) in [6.07, 6.45) is -0.232. The van der Waals surface area contributed by atoms with Crippen LogP contribution in [-0.4, -0.2) is 22.6 Å². The minimum Gasteiger partial charge on any atom is -0.475 e. The Morgan fingerprint density at radius 1 is 1.05 bits per heavy atom. The normalized spacial score (nSPS) is 10.3. The van der Waals surface area contributed by atoms with Gasteiger partial charge < -0.3 is 15.3 Å². The Labute approximate surface area is 120 Å². The quantitative estimate of drug-likeness (QED) is 0.362. The molecule has 0 unspecified atom stereocenters. The molecular formula is C15H13NO5. The van der Waals surface area contributed by atoms with Gasteiger partial charge in [-0.15, -0.1) is 0 Å². The standard InChI is InChI=1S/C15H13NO5/c16-10-3-1-9(2-4-10)7-11-5-6-14(21-11)12(17)8-13(18)15(19)20/h1-6H,7-8,16H2,(H,19,20). The van der Waals surface area contributed by atoms with Crippen molar-refractivity contribution in [3.05, 3.63) is 53.5 Å². The molecule has 6 heteroatoms. The molecule has 0 amide bonds. The molecule has 1 heterocycles. The van der Waals surface area contributed by atoms with Crippen LogP contribution in [0.3, 0.4) is 0 Å². The van der Waals surface area contributed by atoms with Crippen LogP contribution in [0, 0.1) is 0 Å². The lowest BCUT2D eigenvalue weighted by atomic mass is 10.1. The van der Waals surface area contributed by atoms with Crippen molar-refractivity contribution < 1.29 is 23.9 Å². The SMILES string of the molecule is Nc1ccc(Cc2ccc(C(=O)CC(=O)C(=O)O)o2)cc1. The molecule has 0 saturated carbocycles. The molecule has 21 heavy (non-hydrogen) atoms. The van der Waals surface area contributed by atoms with Gasteiger partial charge in [0, 0.05) is 12.1 Å². The Bertz CT molecular complexity index is 684. The molecule has 0 aliphatic carbocycles. The number of rotatable bonds is 6. The van der Waals surface area contributed by atoms with Crippen molar-refractivity contribution in [1.82, 2.24) is 0 Å². The number of benzene rings is 1. The third-order valence-corrected chi connectivity index (χ3v) is 2.85. The lowest BCUT2D eigenvalue weighted by Crippen LogP contribution is -2.16. The zero-order valence-corrected chi connectivity index (χ0v) is 11.0. The number of aliphatic carboxylic acids is 1. The van der Waals surface area contributed by atoms with Crippen LogP contribution in [0.5, 0.6) is 0 Å². The van der Waals surface area contributed by atoms with E-state index in [1.165, 1.54) is 6.07 Å². The Hall–Kier alpha value is -2.89. The van der Waals surface area contributed by atoms with Gasteiger partial charge in [-0.2, -0.15) is 0 Å². The highest BCUT2D eigenvalue weighted by Crippen LogP contribution is 2.16. The van der Waals surface area contributed by atoms with Crippen LogP contribution >= 0.6 is 0 Å². The number of anilines is 1. The van der Waals surface area contributed by atoms with Gasteiger partial charge in [-0.05, 0) is 29.8 Å². The van der Waals surface area contributed by atoms with Gasteiger partial charge in [-0.25, -0.2) is 4.79 Å². The monoisotopic (exact) mass is 287 g/mol. The number of carbonyl (C=O) groups excluding carboxylic acids is 2. The van der Waals surface area contributed by atoms with Crippen LogP contribution in [0.4, 0.5) is 5.69 Å². The first-order chi connectivity index (χ1) is 9.95. The van der Waals surface area contributed by atoms with Gasteiger partial charge in [0.2, 0.25) is 11.6 Å². The summed E-state index contributed by atoms with van der Waals surface area (Å²) in [4.78, 5) is 33.1. The lowest BCUT2D eigenvalue weighted by Gasteiger charge is -1.99. The fourth-order valence-electron chi connectivity index (χ4n) is 1.77. The highest BCUT2D eigenvalue weighted by Gasteiger charge is 2.20. The van der Waals surface area contributed by atoms with Crippen LogP contribution in [0.25, 0.3) is 0 Å². The Morgan fingerprint density at radius 3 is 2.33 bits per heavy atom. The van der Waals surface area contributed by atoms with Crippen LogP contribution in [0.2, 0.25) is 0 Å². The number of carboxylic acid groups (broad SMARTS) is 1. The van der Waals surface area contributed by atoms with Crippen molar-refractivity contribution in [2.75, 3.05) is 5.73 Å². The molecule has 0 aliphatic rings. The van der Waals surface area contributed by atoms with Crippen molar-refractivity contribution in [2.45, 2.75) is 12.8 Å². The van der Waals surface area contributed by atoms with E-state index in [2.05, 4.69) is 0 Å². The maximum absolute atomic E-state index is 11.7. The van der Waals surface area contributed by atoms with Crippen molar-refractivity contribution in [3.63, 3.8) is 0 Å². The topological polar surface area (TPSA) is 111 Å². The second-order valence-corrected chi connectivity index (χ2v) is 4.51. The Morgan fingerprint density at radius 2 is 1.71 bits per heavy atom. The molecule has 6 nitrogen and oxygen atoms in total. The Kier molecular flexibility index (Phi) is 4.18. The van der Waals surface area contributed by atoms with E-state index in [1.54, 1.807) is 18.2 Å². The molecule has 0 radical (unpaired) electrons. The number of nitrogen functional groups attached to an aromatic ring is 1. The summed E-state index contributed by atoms with van der Waals surface area (Å²) in [7, 11) is 0. The molecule has 0 atom stereocenters. The largest absolute Gasteiger partial charge is 0.475 e. The number of furan rings is 1. The molecule has 0 bridgehead atoms. The van der Waals surface area contributed by atoms with Crippen LogP contribution < -0.4 is 5.73 Å². The first-order valence-corrected chi connectivity index (χ1v) is 6.18. The first kappa shape index (κ1) is 14.5. The third kappa shape index (κ3) is 3.79. The first-order valence-electron chi connectivity index (χ1n) is 6.18. The summed E-state index contributed by atoms with van der Waals surface area (Å²) in [6.45, 7) is 0. The smallest absolute Gasteiger partial charge is 0.372 e. The second-order valence-electron chi connectivity index (χ2n) is 4.51. The lowest BCUT2D eigenvalue weighted by molar-refractivity contribution is -0.148. The van der Waals surface area contributed by atoms with Crippen LogP contribution in [-0.2, 0) is 16.0 Å². The van der Waals surface area contributed by atoms with E-state index >= 15 is 0 Å². The minimum atomic E-state index is -1.63. The predicted octanol–water partition coefficient (Wildman–Crippen LogP) is 1.68. The van der Waals surface area contributed by atoms with E-state index in [1.807, 2.05) is 12.1 Å². The van der Waals surface area contributed by atoms with Gasteiger partial charge in [0.1, 0.15) is 5.76 Å². The zero-order chi connectivity index (χ0) is 15.4. The maximum Gasteiger partial charge on any atom is 0.372 e.